The summed E-state index contributed by atoms with van der Waals surface area (Å²) in [4.78, 5) is 24.9. The average molecular weight is 482 g/mol. The Balaban J connectivity index is 1.85. The Morgan fingerprint density at radius 1 is 1.00 bits per heavy atom. The van der Waals surface area contributed by atoms with E-state index in [1.807, 2.05) is 0 Å². The van der Waals surface area contributed by atoms with Crippen LogP contribution in [0.1, 0.15) is 26.5 Å². The molecule has 0 aliphatic rings. The van der Waals surface area contributed by atoms with Gasteiger partial charge in [-0.25, -0.2) is 13.6 Å². The zero-order valence-corrected chi connectivity index (χ0v) is 17.9. The molecule has 34 heavy (non-hydrogen) atoms. The summed E-state index contributed by atoms with van der Waals surface area (Å²) in [5, 5.41) is 23.9. The molecule has 4 rings (SSSR count). The van der Waals surface area contributed by atoms with Gasteiger partial charge in [0.15, 0.2) is 11.6 Å². The minimum atomic E-state index is -1.23. The maximum Gasteiger partial charge on any atom is 0.337 e. The molecule has 4 aromatic rings. The fraction of sp³-hybridized carbons (Fsp3) is 0. The van der Waals surface area contributed by atoms with Gasteiger partial charge in [0.2, 0.25) is 0 Å². The number of carboxylic acids is 1. The Bertz CT molecular complexity index is 1400. The standard InChI is InChI=1S/C23H14ClF2N5O3/c24-14-6-7-18(23(33)34)20(10-14)27-12-19(21(32)13-8-15(25)11-16(26)9-13)22-28-29-30-31(22)17-4-2-1-3-5-17/h1-12,27H,(H,33,34)/b19-12+. The number of nitrogens with zero attached hydrogens (tertiary/aromatic N) is 4. The van der Waals surface area contributed by atoms with Crippen molar-refractivity contribution < 1.29 is 23.5 Å². The molecule has 1 aromatic heterocycles. The highest BCUT2D eigenvalue weighted by molar-refractivity contribution is 6.31. The van der Waals surface area contributed by atoms with E-state index in [-0.39, 0.29) is 33.2 Å². The van der Waals surface area contributed by atoms with Crippen LogP contribution in [0.15, 0.2) is 72.9 Å². The van der Waals surface area contributed by atoms with E-state index >= 15 is 0 Å². The molecule has 2 N–H and O–H groups in total. The van der Waals surface area contributed by atoms with E-state index in [4.69, 9.17) is 11.6 Å². The number of tetrazole rings is 1. The SMILES string of the molecule is O=C(/C(=C\Nc1cc(Cl)ccc1C(=O)O)c1nnnn1-c1ccccc1)c1cc(F)cc(F)c1. The largest absolute Gasteiger partial charge is 0.478 e. The van der Waals surface area contributed by atoms with Crippen molar-refractivity contribution in [3.05, 3.63) is 107 Å². The summed E-state index contributed by atoms with van der Waals surface area (Å²) in [6, 6.07) is 15.1. The van der Waals surface area contributed by atoms with Gasteiger partial charge in [-0.1, -0.05) is 29.8 Å². The van der Waals surface area contributed by atoms with Gasteiger partial charge in [0.25, 0.3) is 0 Å². The lowest BCUT2D eigenvalue weighted by molar-refractivity contribution is 0.0697. The first-order chi connectivity index (χ1) is 16.3. The quantitative estimate of drug-likeness (QED) is 0.292. The van der Waals surface area contributed by atoms with Gasteiger partial charge in [-0.05, 0) is 52.9 Å². The highest BCUT2D eigenvalue weighted by atomic mass is 35.5. The Morgan fingerprint density at radius 2 is 1.71 bits per heavy atom. The minimum Gasteiger partial charge on any atom is -0.478 e. The lowest BCUT2D eigenvalue weighted by Gasteiger charge is -2.11. The molecule has 0 aliphatic carbocycles. The van der Waals surface area contributed by atoms with Gasteiger partial charge in [-0.3, -0.25) is 4.79 Å². The highest BCUT2D eigenvalue weighted by Crippen LogP contribution is 2.25. The molecule has 0 unspecified atom stereocenters. The highest BCUT2D eigenvalue weighted by Gasteiger charge is 2.23. The van der Waals surface area contributed by atoms with Gasteiger partial charge < -0.3 is 10.4 Å². The lowest BCUT2D eigenvalue weighted by atomic mass is 10.0. The molecular formula is C23H14ClF2N5O3. The number of halogens is 3. The number of hydrogen-bond donors (Lipinski definition) is 2. The minimum absolute atomic E-state index is 0.0488. The molecule has 0 saturated carbocycles. The van der Waals surface area contributed by atoms with E-state index in [2.05, 4.69) is 20.8 Å². The molecular weight excluding hydrogens is 468 g/mol. The number of benzene rings is 3. The van der Waals surface area contributed by atoms with Crippen LogP contribution in [0.2, 0.25) is 5.02 Å². The summed E-state index contributed by atoms with van der Waals surface area (Å²) < 4.78 is 28.9. The Labute approximate surface area is 196 Å². The van der Waals surface area contributed by atoms with Gasteiger partial charge in [0.05, 0.1) is 22.5 Å². The maximum atomic E-state index is 13.8. The number of anilines is 1. The number of para-hydroxylation sites is 1. The number of carboxylic acid groups (broad SMARTS) is 1. The predicted octanol–water partition coefficient (Wildman–Crippen LogP) is 4.63. The van der Waals surface area contributed by atoms with Gasteiger partial charge in [0.1, 0.15) is 11.6 Å². The van der Waals surface area contributed by atoms with Crippen molar-refractivity contribution in [2.24, 2.45) is 0 Å². The maximum absolute atomic E-state index is 13.8. The Morgan fingerprint density at radius 3 is 2.38 bits per heavy atom. The van der Waals surface area contributed by atoms with Gasteiger partial charge in [-0.15, -0.1) is 5.10 Å². The lowest BCUT2D eigenvalue weighted by Crippen LogP contribution is -2.12. The number of ketones is 1. The van der Waals surface area contributed by atoms with E-state index in [1.54, 1.807) is 30.3 Å². The van der Waals surface area contributed by atoms with Crippen molar-refractivity contribution in [3.63, 3.8) is 0 Å². The number of nitrogens with one attached hydrogen (secondary N) is 1. The first-order valence-electron chi connectivity index (χ1n) is 9.68. The summed E-state index contributed by atoms with van der Waals surface area (Å²) in [5.41, 5.74) is -0.00477. The van der Waals surface area contributed by atoms with Crippen LogP contribution in [-0.2, 0) is 0 Å². The third-order valence-electron chi connectivity index (χ3n) is 4.66. The van der Waals surface area contributed by atoms with Crippen LogP contribution in [0.3, 0.4) is 0 Å². The second-order valence-corrected chi connectivity index (χ2v) is 7.37. The average Bonchev–Trinajstić information content (AvgIpc) is 3.28. The number of aromatic nitrogens is 4. The third kappa shape index (κ3) is 4.81. The zero-order valence-electron chi connectivity index (χ0n) is 17.1. The molecule has 0 fully saturated rings. The third-order valence-corrected chi connectivity index (χ3v) is 4.90. The monoisotopic (exact) mass is 481 g/mol. The fourth-order valence-electron chi connectivity index (χ4n) is 3.14. The number of allylic oxidation sites excluding steroid dienone is 1. The molecule has 0 aliphatic heterocycles. The van der Waals surface area contributed by atoms with Crippen LogP contribution in [0.4, 0.5) is 14.5 Å². The van der Waals surface area contributed by atoms with Crippen LogP contribution in [0, 0.1) is 11.6 Å². The van der Waals surface area contributed by atoms with Crippen LogP contribution in [0.25, 0.3) is 11.3 Å². The van der Waals surface area contributed by atoms with Crippen molar-refractivity contribution in [1.29, 1.82) is 0 Å². The fourth-order valence-corrected chi connectivity index (χ4v) is 3.31. The summed E-state index contributed by atoms with van der Waals surface area (Å²) in [6.45, 7) is 0. The number of carbonyl (C=O) groups excluding carboxylic acids is 1. The smallest absolute Gasteiger partial charge is 0.337 e. The van der Waals surface area contributed by atoms with E-state index in [9.17, 15) is 23.5 Å². The number of hydrogen-bond acceptors (Lipinski definition) is 6. The van der Waals surface area contributed by atoms with Crippen molar-refractivity contribution in [2.45, 2.75) is 0 Å². The summed E-state index contributed by atoms with van der Waals surface area (Å²) >= 11 is 5.99. The summed E-state index contributed by atoms with van der Waals surface area (Å²) in [5.74, 6) is -3.98. The van der Waals surface area contributed by atoms with Crippen LogP contribution in [0.5, 0.6) is 0 Å². The number of aromatic carboxylic acids is 1. The van der Waals surface area contributed by atoms with E-state index in [0.717, 1.165) is 18.3 Å². The molecule has 1 heterocycles. The van der Waals surface area contributed by atoms with Crippen LogP contribution >= 0.6 is 11.6 Å². The van der Waals surface area contributed by atoms with E-state index in [1.165, 1.54) is 22.9 Å². The molecule has 0 amide bonds. The topological polar surface area (TPSA) is 110 Å². The van der Waals surface area contributed by atoms with Crippen molar-refractivity contribution in [1.82, 2.24) is 20.2 Å². The second-order valence-electron chi connectivity index (χ2n) is 6.93. The number of Topliss-reactive ketones (excluding diaryl/α,β-unsaturated/α-hetero) is 1. The molecule has 0 atom stereocenters. The normalized spacial score (nSPS) is 11.3. The molecule has 3 aromatic carbocycles. The van der Waals surface area contributed by atoms with Crippen molar-refractivity contribution in [2.75, 3.05) is 5.32 Å². The van der Waals surface area contributed by atoms with Gasteiger partial charge >= 0.3 is 5.97 Å². The van der Waals surface area contributed by atoms with Crippen LogP contribution in [-0.4, -0.2) is 37.1 Å². The Kier molecular flexibility index (Phi) is 6.42. The van der Waals surface area contributed by atoms with Crippen molar-refractivity contribution >= 4 is 34.6 Å². The molecule has 0 spiro atoms. The van der Waals surface area contributed by atoms with Crippen LogP contribution < -0.4 is 5.32 Å². The molecule has 170 valence electrons. The predicted molar refractivity (Wildman–Crippen MR) is 120 cm³/mol. The van der Waals surface area contributed by atoms with Crippen molar-refractivity contribution in [3.8, 4) is 5.69 Å². The van der Waals surface area contributed by atoms with E-state index < -0.39 is 23.4 Å². The summed E-state index contributed by atoms with van der Waals surface area (Å²) in [7, 11) is 0. The summed E-state index contributed by atoms with van der Waals surface area (Å²) in [6.07, 6.45) is 1.16. The second kappa shape index (κ2) is 9.59. The molecule has 0 saturated heterocycles. The first-order valence-corrected chi connectivity index (χ1v) is 10.1. The zero-order chi connectivity index (χ0) is 24.2. The van der Waals surface area contributed by atoms with Gasteiger partial charge in [0, 0.05) is 22.9 Å². The molecule has 0 radical (unpaired) electrons. The molecule has 8 nitrogen and oxygen atoms in total. The number of rotatable bonds is 7. The Hall–Kier alpha value is -4.44. The first kappa shape index (κ1) is 22.7. The number of carbonyl (C=O) groups is 2. The molecule has 11 heteroatoms. The van der Waals surface area contributed by atoms with Gasteiger partial charge in [-0.2, -0.15) is 4.68 Å². The van der Waals surface area contributed by atoms with E-state index in [0.29, 0.717) is 11.8 Å². The molecule has 0 bridgehead atoms.